The molecule has 0 amide bonds. The first-order valence-corrected chi connectivity index (χ1v) is 11.8. The molecule has 0 aromatic rings. The highest BCUT2D eigenvalue weighted by molar-refractivity contribution is 7.47. The lowest BCUT2D eigenvalue weighted by Gasteiger charge is -2.08. The first-order chi connectivity index (χ1) is 18.0. The molecule has 0 aromatic heterocycles. The number of nitrogens with one attached hydrogen (secondary N) is 15. The predicted octanol–water partition coefficient (Wildman–Crippen LogP) is 11.0. The van der Waals surface area contributed by atoms with Crippen molar-refractivity contribution in [2.45, 2.75) is 78.7 Å². The molecule has 0 aliphatic carbocycles. The van der Waals surface area contributed by atoms with Crippen LogP contribution in [0.4, 0.5) is 0 Å². The minimum atomic E-state index is 0. The van der Waals surface area contributed by atoms with Gasteiger partial charge in [0.1, 0.15) is 0 Å². The molecule has 46 heavy (non-hydrogen) atoms. The molecule has 0 spiro atoms. The van der Waals surface area contributed by atoms with Crippen molar-refractivity contribution in [1.29, 1.82) is 71.7 Å². The Morgan fingerprint density at radius 3 is 0.326 bits per heavy atom. The largest absolute Gasteiger partial charge is 0.381 e. The SMILES string of the molecule is C.C.C.C.C.C.C.C.C1CCOCC1.N.N.N=S.N=S.N=S.N=S.N=S.N=S.N=S.N=S.N=S.N=S.N=S.N=S.N=S.N=S.N=S. The normalized spacial score (nSPS) is 4.43. The molecule has 0 saturated carbocycles. The minimum absolute atomic E-state index is 0. The van der Waals surface area contributed by atoms with Crippen molar-refractivity contribution >= 4 is 186 Å². The Labute approximate surface area is 363 Å². The van der Waals surface area contributed by atoms with Crippen LogP contribution in [0.2, 0.25) is 0 Å². The van der Waals surface area contributed by atoms with E-state index in [1.807, 2.05) is 0 Å². The monoisotopic (exact) mass is 953 g/mol. The lowest BCUT2D eigenvalue weighted by atomic mass is 10.2. The number of hydrogen-bond acceptors (Lipinski definition) is 33. The van der Waals surface area contributed by atoms with Crippen molar-refractivity contribution in [3.8, 4) is 0 Å². The topological polar surface area (TPSA) is 437 Å². The molecule has 1 heterocycles. The molecule has 0 radical (unpaired) electrons. The molecule has 1 fully saturated rings. The third-order valence-corrected chi connectivity index (χ3v) is 1.08. The second-order valence-electron chi connectivity index (χ2n) is 1.67. The summed E-state index contributed by atoms with van der Waals surface area (Å²) < 4.78 is 85.1. The van der Waals surface area contributed by atoms with E-state index in [1.165, 1.54) is 19.3 Å². The number of hydrogen-bond donors (Lipinski definition) is 17. The van der Waals surface area contributed by atoms with E-state index in [-0.39, 0.29) is 71.7 Å². The Kier molecular flexibility index (Phi) is 10500. The van der Waals surface area contributed by atoms with E-state index in [2.05, 4.69) is 186 Å². The zero-order valence-electron chi connectivity index (χ0n) is 19.0. The van der Waals surface area contributed by atoms with E-state index >= 15 is 0 Å². The standard InChI is InChI=1S/C5H10O.8CH4.15HNS.2H3N/c1-2-4-6-5-3-1;;;;;;;;;15*1-2;;/h1-5H2;8*1H4;15*1H;2*1H3. The first-order valence-electron chi connectivity index (χ1n) is 5.64. The fraction of sp³-hybridized carbons (Fsp3) is 1.00. The smallest absolute Gasteiger partial charge is 0.0466 e. The van der Waals surface area contributed by atoms with Gasteiger partial charge in [0, 0.05) is 200 Å². The average molecular weight is 955 g/mol. The maximum Gasteiger partial charge on any atom is 0.0466 e. The van der Waals surface area contributed by atoms with Crippen molar-refractivity contribution in [3.05, 3.63) is 0 Å². The summed E-state index contributed by atoms with van der Waals surface area (Å²) in [7, 11) is 0. The van der Waals surface area contributed by atoms with Gasteiger partial charge >= 0.3 is 0 Å². The Hall–Kier alpha value is 0.180. The summed E-state index contributed by atoms with van der Waals surface area (Å²) in [4.78, 5) is 0. The fourth-order valence-corrected chi connectivity index (χ4v) is 0.687. The van der Waals surface area contributed by atoms with Crippen molar-refractivity contribution in [1.82, 2.24) is 12.3 Å². The highest BCUT2D eigenvalue weighted by atomic mass is 32.1. The van der Waals surface area contributed by atoms with E-state index < -0.39 is 0 Å². The van der Waals surface area contributed by atoms with E-state index in [0.717, 1.165) is 13.2 Å². The van der Waals surface area contributed by atoms with Crippen LogP contribution in [0.1, 0.15) is 78.7 Å². The van der Waals surface area contributed by atoms with Crippen LogP contribution < -0.4 is 12.3 Å². The van der Waals surface area contributed by atoms with Crippen LogP contribution in [0, 0.1) is 71.7 Å². The van der Waals surface area contributed by atoms with Crippen LogP contribution in [-0.2, 0) is 191 Å². The van der Waals surface area contributed by atoms with E-state index in [1.54, 1.807) is 0 Å². The maximum atomic E-state index is 5.33. The number of ether oxygens (including phenoxy) is 1. The zero-order chi connectivity index (χ0) is 34.2. The van der Waals surface area contributed by atoms with Gasteiger partial charge in [0.2, 0.25) is 0 Å². The molecule has 0 bridgehead atoms. The third-order valence-electron chi connectivity index (χ3n) is 1.08. The highest BCUT2D eigenvalue weighted by Crippen LogP contribution is 2.02. The van der Waals surface area contributed by atoms with Gasteiger partial charge in [-0.2, -0.15) is 0 Å². The van der Waals surface area contributed by atoms with E-state index in [0.29, 0.717) is 0 Å². The minimum Gasteiger partial charge on any atom is -0.381 e. The van der Waals surface area contributed by atoms with Gasteiger partial charge in [-0.1, -0.05) is 59.4 Å². The summed E-state index contributed by atoms with van der Waals surface area (Å²) in [6, 6.07) is 0. The quantitative estimate of drug-likeness (QED) is 0.107. The molecule has 0 aromatic carbocycles. The predicted molar refractivity (Wildman–Crippen MR) is 240 cm³/mol. The molecule has 1 aliphatic heterocycles. The van der Waals surface area contributed by atoms with Crippen molar-refractivity contribution in [2.24, 2.45) is 0 Å². The van der Waals surface area contributed by atoms with Gasteiger partial charge in [0.05, 0.1) is 0 Å². The first kappa shape index (κ1) is 210. The van der Waals surface area contributed by atoms with Crippen LogP contribution in [0.3, 0.4) is 0 Å². The molecule has 0 atom stereocenters. The summed E-state index contributed by atoms with van der Waals surface area (Å²) in [6.07, 6.45) is 3.93. The van der Waals surface area contributed by atoms with Gasteiger partial charge in [0.25, 0.3) is 0 Å². The maximum absolute atomic E-state index is 5.33. The molecule has 33 heteroatoms. The molecule has 21 N–H and O–H groups in total. The van der Waals surface area contributed by atoms with Crippen molar-refractivity contribution in [3.63, 3.8) is 0 Å². The molecule has 0 unspecified atom stereocenters. The highest BCUT2D eigenvalue weighted by Gasteiger charge is 1.94. The zero-order valence-corrected chi connectivity index (χ0v) is 31.2. The lowest BCUT2D eigenvalue weighted by molar-refractivity contribution is 0.0968. The Morgan fingerprint density at radius 1 is 0.217 bits per heavy atom. The lowest BCUT2D eigenvalue weighted by Crippen LogP contribution is -2.03. The summed E-state index contributed by atoms with van der Waals surface area (Å²) in [5.74, 6) is 0. The fourth-order valence-electron chi connectivity index (χ4n) is 0.687. The second-order valence-corrected chi connectivity index (χ2v) is 1.67. The summed E-state index contributed by atoms with van der Waals surface area (Å²) in [6.45, 7) is 2.00. The van der Waals surface area contributed by atoms with Gasteiger partial charge in [-0.25, -0.2) is 71.7 Å². The van der Waals surface area contributed by atoms with Crippen LogP contribution in [0.5, 0.6) is 0 Å². The Bertz CT molecular complexity index is 188. The van der Waals surface area contributed by atoms with Crippen LogP contribution in [-0.4, -0.2) is 13.2 Å². The molecule has 1 saturated heterocycles. The molecule has 18 nitrogen and oxygen atoms in total. The van der Waals surface area contributed by atoms with Gasteiger partial charge in [0.15, 0.2) is 0 Å². The summed E-state index contributed by atoms with van der Waals surface area (Å²) >= 11 is 50.0. The van der Waals surface area contributed by atoms with Gasteiger partial charge in [-0.05, 0) is 19.3 Å². The Morgan fingerprint density at radius 2 is 0.304 bits per heavy atom. The molecular weight excluding hydrogens is 891 g/mol. The van der Waals surface area contributed by atoms with Crippen LogP contribution in [0.25, 0.3) is 0 Å². The van der Waals surface area contributed by atoms with Crippen LogP contribution in [0.15, 0.2) is 0 Å². The van der Waals surface area contributed by atoms with Gasteiger partial charge in [-0.15, -0.1) is 0 Å². The van der Waals surface area contributed by atoms with Crippen LogP contribution >= 0.6 is 0 Å². The summed E-state index contributed by atoms with van der Waals surface area (Å²) in [5, 5.41) is 0. The Balaban J connectivity index is -0.00000000448. The average Bonchev–Trinajstić information content (AvgIpc) is 3.12. The second kappa shape index (κ2) is 2310. The van der Waals surface area contributed by atoms with Gasteiger partial charge in [-0.3, -0.25) is 0 Å². The number of rotatable bonds is 0. The van der Waals surface area contributed by atoms with E-state index in [9.17, 15) is 0 Å². The summed E-state index contributed by atoms with van der Waals surface area (Å²) in [5.41, 5.74) is 0. The van der Waals surface area contributed by atoms with Crippen molar-refractivity contribution in [2.75, 3.05) is 13.2 Å². The third kappa shape index (κ3) is 2160. The molecular formula is C13H63N17OS15. The molecule has 1 rings (SSSR count). The van der Waals surface area contributed by atoms with Crippen molar-refractivity contribution < 1.29 is 4.74 Å². The molecule has 1 aliphatic rings. The molecule has 296 valence electrons. The van der Waals surface area contributed by atoms with Gasteiger partial charge < -0.3 is 17.0 Å². The van der Waals surface area contributed by atoms with E-state index in [4.69, 9.17) is 76.4 Å².